The first-order chi connectivity index (χ1) is 10.8. The molecule has 0 spiro atoms. The Morgan fingerprint density at radius 1 is 1.09 bits per heavy atom. The monoisotopic (exact) mass is 293 g/mol. The van der Waals surface area contributed by atoms with Crippen molar-refractivity contribution in [1.82, 2.24) is 5.32 Å². The highest BCUT2D eigenvalue weighted by molar-refractivity contribution is 5.80. The molecule has 1 N–H and O–H groups in total. The quantitative estimate of drug-likeness (QED) is 0.873. The zero-order valence-electron chi connectivity index (χ0n) is 12.3. The van der Waals surface area contributed by atoms with Gasteiger partial charge in [0.1, 0.15) is 11.8 Å². The number of nitrogens with one attached hydrogen (secondary N) is 1. The van der Waals surface area contributed by atoms with Gasteiger partial charge in [0.15, 0.2) is 0 Å². The molecule has 1 amide bonds. The van der Waals surface area contributed by atoms with Crippen LogP contribution in [0.25, 0.3) is 0 Å². The Morgan fingerprint density at radius 3 is 2.59 bits per heavy atom. The molecule has 1 aromatic heterocycles. The Balaban J connectivity index is 1.57. The van der Waals surface area contributed by atoms with Crippen molar-refractivity contribution in [2.45, 2.75) is 18.9 Å². The number of furan rings is 1. The van der Waals surface area contributed by atoms with Gasteiger partial charge in [-0.05, 0) is 42.4 Å². The molecule has 22 heavy (non-hydrogen) atoms. The van der Waals surface area contributed by atoms with Gasteiger partial charge >= 0.3 is 0 Å². The Kier molecular flexibility index (Phi) is 3.34. The van der Waals surface area contributed by atoms with E-state index in [1.165, 1.54) is 0 Å². The van der Waals surface area contributed by atoms with E-state index in [4.69, 9.17) is 4.42 Å². The van der Waals surface area contributed by atoms with Crippen LogP contribution in [-0.2, 0) is 4.79 Å². The maximum atomic E-state index is 12.7. The smallest absolute Gasteiger partial charge is 0.224 e. The van der Waals surface area contributed by atoms with Crippen LogP contribution in [0.15, 0.2) is 65.3 Å². The van der Waals surface area contributed by atoms with Crippen LogP contribution < -0.4 is 5.32 Å². The summed E-state index contributed by atoms with van der Waals surface area (Å²) in [7, 11) is 0. The third-order valence-electron chi connectivity index (χ3n) is 4.86. The molecule has 1 aromatic carbocycles. The summed E-state index contributed by atoms with van der Waals surface area (Å²) >= 11 is 0. The number of carbonyl (C=O) groups excluding carboxylic acids is 1. The molecule has 0 saturated heterocycles. The second-order valence-electron chi connectivity index (χ2n) is 6.25. The molecule has 1 fully saturated rings. The first kappa shape index (κ1) is 13.4. The van der Waals surface area contributed by atoms with Crippen LogP contribution in [0.3, 0.4) is 0 Å². The van der Waals surface area contributed by atoms with Crippen molar-refractivity contribution >= 4 is 5.91 Å². The maximum absolute atomic E-state index is 12.7. The van der Waals surface area contributed by atoms with E-state index < -0.39 is 0 Å². The molecule has 2 aliphatic carbocycles. The van der Waals surface area contributed by atoms with Crippen LogP contribution in [0.1, 0.15) is 30.2 Å². The molecular weight excluding hydrogens is 274 g/mol. The zero-order chi connectivity index (χ0) is 14.9. The SMILES string of the molecule is O=C(N[C@@H](c1ccccc1)c1ccco1)[C@@H]1C[C@H]2C=C[C@H]1C2. The molecule has 4 rings (SSSR count). The lowest BCUT2D eigenvalue weighted by Gasteiger charge is -2.22. The van der Waals surface area contributed by atoms with E-state index in [1.54, 1.807) is 6.26 Å². The molecule has 0 unspecified atom stereocenters. The van der Waals surface area contributed by atoms with Gasteiger partial charge in [-0.15, -0.1) is 0 Å². The van der Waals surface area contributed by atoms with Crippen molar-refractivity contribution < 1.29 is 9.21 Å². The zero-order valence-corrected chi connectivity index (χ0v) is 12.3. The van der Waals surface area contributed by atoms with Crippen LogP contribution in [0.5, 0.6) is 0 Å². The Labute approximate surface area is 130 Å². The number of carbonyl (C=O) groups is 1. The van der Waals surface area contributed by atoms with Crippen LogP contribution in [0.2, 0.25) is 0 Å². The van der Waals surface area contributed by atoms with Gasteiger partial charge < -0.3 is 9.73 Å². The van der Waals surface area contributed by atoms with Crippen LogP contribution in [-0.4, -0.2) is 5.91 Å². The van der Waals surface area contributed by atoms with Crippen LogP contribution in [0, 0.1) is 17.8 Å². The number of amides is 1. The second-order valence-corrected chi connectivity index (χ2v) is 6.25. The van der Waals surface area contributed by atoms with Crippen molar-refractivity contribution in [2.24, 2.45) is 17.8 Å². The fourth-order valence-corrected chi connectivity index (χ4v) is 3.75. The predicted octanol–water partition coefficient (Wildman–Crippen LogP) is 3.70. The Hall–Kier alpha value is -2.29. The summed E-state index contributed by atoms with van der Waals surface area (Å²) in [6, 6.07) is 13.5. The average Bonchev–Trinajstić information content (AvgIpc) is 3.30. The van der Waals surface area contributed by atoms with E-state index in [2.05, 4.69) is 17.5 Å². The number of hydrogen-bond donors (Lipinski definition) is 1. The van der Waals surface area contributed by atoms with Gasteiger partial charge in [0.2, 0.25) is 5.91 Å². The Morgan fingerprint density at radius 2 is 1.95 bits per heavy atom. The first-order valence-electron chi connectivity index (χ1n) is 7.88. The summed E-state index contributed by atoms with van der Waals surface area (Å²) in [5.74, 6) is 2.04. The summed E-state index contributed by atoms with van der Waals surface area (Å²) in [6.45, 7) is 0. The molecule has 1 heterocycles. The molecule has 0 radical (unpaired) electrons. The van der Waals surface area contributed by atoms with Gasteiger partial charge in [0.05, 0.1) is 6.26 Å². The molecule has 1 saturated carbocycles. The van der Waals surface area contributed by atoms with E-state index >= 15 is 0 Å². The molecular formula is C19H19NO2. The van der Waals surface area contributed by atoms with Gasteiger partial charge in [-0.2, -0.15) is 0 Å². The van der Waals surface area contributed by atoms with Gasteiger partial charge in [-0.1, -0.05) is 42.5 Å². The standard InChI is InChI=1S/C19H19NO2/c21-19(16-12-13-8-9-15(16)11-13)20-18(17-7-4-10-22-17)14-5-2-1-3-6-14/h1-10,13,15-16,18H,11-12H2,(H,20,21)/t13-,15-,16+,18-/m0/s1. The Bertz CT molecular complexity index is 675. The molecule has 112 valence electrons. The predicted molar refractivity (Wildman–Crippen MR) is 84.0 cm³/mol. The van der Waals surface area contributed by atoms with Crippen LogP contribution >= 0.6 is 0 Å². The van der Waals surface area contributed by atoms with Crippen molar-refractivity contribution in [3.8, 4) is 0 Å². The van der Waals surface area contributed by atoms with E-state index in [-0.39, 0.29) is 17.9 Å². The van der Waals surface area contributed by atoms with E-state index in [9.17, 15) is 4.79 Å². The summed E-state index contributed by atoms with van der Waals surface area (Å²) in [4.78, 5) is 12.7. The van der Waals surface area contributed by atoms with E-state index in [0.29, 0.717) is 11.8 Å². The minimum Gasteiger partial charge on any atom is -0.467 e. The molecule has 0 aliphatic heterocycles. The van der Waals surface area contributed by atoms with Crippen LogP contribution in [0.4, 0.5) is 0 Å². The largest absolute Gasteiger partial charge is 0.467 e. The lowest BCUT2D eigenvalue weighted by atomic mass is 9.92. The number of fused-ring (bicyclic) bond motifs is 2. The summed E-state index contributed by atoms with van der Waals surface area (Å²) in [5, 5.41) is 3.20. The molecule has 2 aromatic rings. The molecule has 4 atom stereocenters. The third-order valence-corrected chi connectivity index (χ3v) is 4.86. The highest BCUT2D eigenvalue weighted by Crippen LogP contribution is 2.43. The van der Waals surface area contributed by atoms with Crippen molar-refractivity contribution in [3.63, 3.8) is 0 Å². The molecule has 2 bridgehead atoms. The van der Waals surface area contributed by atoms with E-state index in [1.807, 2.05) is 42.5 Å². The fraction of sp³-hybridized carbons (Fsp3) is 0.316. The van der Waals surface area contributed by atoms with Crippen molar-refractivity contribution in [1.29, 1.82) is 0 Å². The maximum Gasteiger partial charge on any atom is 0.224 e. The number of benzene rings is 1. The lowest BCUT2D eigenvalue weighted by Crippen LogP contribution is -2.36. The number of rotatable bonds is 4. The van der Waals surface area contributed by atoms with Crippen molar-refractivity contribution in [2.75, 3.05) is 0 Å². The second kappa shape index (κ2) is 5.48. The highest BCUT2D eigenvalue weighted by Gasteiger charge is 2.40. The minimum absolute atomic E-state index is 0.108. The fourth-order valence-electron chi connectivity index (χ4n) is 3.75. The molecule has 2 aliphatic rings. The molecule has 3 heteroatoms. The van der Waals surface area contributed by atoms with Gasteiger partial charge in [-0.3, -0.25) is 4.79 Å². The summed E-state index contributed by atoms with van der Waals surface area (Å²) in [6.07, 6.45) is 8.23. The average molecular weight is 293 g/mol. The summed E-state index contributed by atoms with van der Waals surface area (Å²) in [5.41, 5.74) is 1.05. The summed E-state index contributed by atoms with van der Waals surface area (Å²) < 4.78 is 5.55. The number of allylic oxidation sites excluding steroid dienone is 2. The normalized spacial score (nSPS) is 27.0. The highest BCUT2D eigenvalue weighted by atomic mass is 16.3. The van der Waals surface area contributed by atoms with Gasteiger partial charge in [0.25, 0.3) is 0 Å². The van der Waals surface area contributed by atoms with Gasteiger partial charge in [-0.25, -0.2) is 0 Å². The first-order valence-corrected chi connectivity index (χ1v) is 7.88. The van der Waals surface area contributed by atoms with Crippen molar-refractivity contribution in [3.05, 3.63) is 72.2 Å². The topological polar surface area (TPSA) is 42.2 Å². The van der Waals surface area contributed by atoms with E-state index in [0.717, 1.165) is 24.2 Å². The van der Waals surface area contributed by atoms with Gasteiger partial charge in [0, 0.05) is 5.92 Å². The molecule has 3 nitrogen and oxygen atoms in total. The third kappa shape index (κ3) is 2.37. The number of hydrogen-bond acceptors (Lipinski definition) is 2. The lowest BCUT2D eigenvalue weighted by molar-refractivity contribution is -0.126. The minimum atomic E-state index is -0.216.